The molecule has 2 N–H and O–H groups in total. The quantitative estimate of drug-likeness (QED) is 0.191. The number of nitrogens with zero attached hydrogens (tertiary/aromatic N) is 2. The predicted molar refractivity (Wildman–Crippen MR) is 198 cm³/mol. The lowest BCUT2D eigenvalue weighted by Gasteiger charge is -2.30. The van der Waals surface area contributed by atoms with Gasteiger partial charge in [-0.3, -0.25) is 4.99 Å². The lowest BCUT2D eigenvalue weighted by Crippen LogP contribution is -2.25. The molecule has 4 nitrogen and oxygen atoms in total. The Bertz CT molecular complexity index is 2660. The summed E-state index contributed by atoms with van der Waals surface area (Å²) in [6, 6.07) is 51.4. The number of phenols is 2. The summed E-state index contributed by atoms with van der Waals surface area (Å²) in [6.45, 7) is 0. The molecule has 2 aliphatic carbocycles. The van der Waals surface area contributed by atoms with E-state index in [0.29, 0.717) is 28.0 Å². The number of phenolic OH excluding ortho intramolecular Hbond substituents is 2. The Kier molecular flexibility index (Phi) is 5.76. The van der Waals surface area contributed by atoms with E-state index in [4.69, 9.17) is 9.98 Å². The number of hydrogen-bond donors (Lipinski definition) is 2. The third-order valence-electron chi connectivity index (χ3n) is 10.4. The van der Waals surface area contributed by atoms with E-state index in [9.17, 15) is 10.2 Å². The van der Waals surface area contributed by atoms with Crippen molar-refractivity contribution in [1.29, 1.82) is 0 Å². The second-order valence-corrected chi connectivity index (χ2v) is 12.8. The Hall–Kier alpha value is -6.52. The first-order valence-corrected chi connectivity index (χ1v) is 16.5. The number of fused-ring (bicyclic) bond motifs is 12. The van der Waals surface area contributed by atoms with Crippen LogP contribution in [-0.4, -0.2) is 21.4 Å². The van der Waals surface area contributed by atoms with Crippen molar-refractivity contribution in [1.82, 2.24) is 4.98 Å². The summed E-state index contributed by atoms with van der Waals surface area (Å²) in [5.74, 6) is 0.402. The molecule has 0 amide bonds. The van der Waals surface area contributed by atoms with Gasteiger partial charge < -0.3 is 10.2 Å². The van der Waals surface area contributed by atoms with Gasteiger partial charge in [0.05, 0.1) is 28.7 Å². The van der Waals surface area contributed by atoms with Crippen LogP contribution in [0.2, 0.25) is 0 Å². The summed E-state index contributed by atoms with van der Waals surface area (Å²) in [4.78, 5) is 9.96. The van der Waals surface area contributed by atoms with Crippen molar-refractivity contribution in [3.8, 4) is 45.0 Å². The molecule has 0 atom stereocenters. The van der Waals surface area contributed by atoms with Crippen LogP contribution in [0.25, 0.3) is 55.1 Å². The van der Waals surface area contributed by atoms with Gasteiger partial charge in [0.15, 0.2) is 0 Å². The van der Waals surface area contributed by atoms with E-state index in [0.717, 1.165) is 32.8 Å². The van der Waals surface area contributed by atoms with Crippen LogP contribution in [0.5, 0.6) is 11.5 Å². The molecule has 49 heavy (non-hydrogen) atoms. The van der Waals surface area contributed by atoms with Crippen molar-refractivity contribution in [3.05, 3.63) is 180 Å². The highest BCUT2D eigenvalue weighted by molar-refractivity contribution is 6.04. The molecule has 0 unspecified atom stereocenters. The van der Waals surface area contributed by atoms with Gasteiger partial charge in [0.2, 0.25) is 0 Å². The summed E-state index contributed by atoms with van der Waals surface area (Å²) in [6.07, 6.45) is 1.76. The maximum Gasteiger partial charge on any atom is 0.133 e. The Morgan fingerprint density at radius 3 is 1.90 bits per heavy atom. The molecule has 10 rings (SSSR count). The fraction of sp³-hybridized carbons (Fsp3) is 0.0222. The number of pyridine rings is 1. The van der Waals surface area contributed by atoms with Crippen molar-refractivity contribution < 1.29 is 10.2 Å². The first-order chi connectivity index (χ1) is 24.1. The van der Waals surface area contributed by atoms with E-state index < -0.39 is 5.41 Å². The van der Waals surface area contributed by atoms with E-state index in [-0.39, 0.29) is 11.5 Å². The highest BCUT2D eigenvalue weighted by Gasteiger charge is 2.52. The highest BCUT2D eigenvalue weighted by atomic mass is 16.3. The van der Waals surface area contributed by atoms with Crippen molar-refractivity contribution >= 4 is 33.4 Å². The van der Waals surface area contributed by atoms with Crippen molar-refractivity contribution in [2.24, 2.45) is 4.99 Å². The average Bonchev–Trinajstić information content (AvgIpc) is 3.62. The third-order valence-corrected chi connectivity index (χ3v) is 10.4. The van der Waals surface area contributed by atoms with Gasteiger partial charge in [-0.05, 0) is 74.0 Å². The summed E-state index contributed by atoms with van der Waals surface area (Å²) in [5.41, 5.74) is 11.2. The molecular formula is C45H28N2O2. The second kappa shape index (κ2) is 10.2. The van der Waals surface area contributed by atoms with Crippen LogP contribution in [0.15, 0.2) is 157 Å². The highest BCUT2D eigenvalue weighted by Crippen LogP contribution is 2.64. The SMILES string of the molecule is Oc1c(-c2cc3ccccc3c(C=Nc3cccc4cccc(O)c34)n2)ccc2c1-c1ccccc1C21c2ccccc2-c2ccccc21. The molecule has 0 saturated heterocycles. The number of benzene rings is 7. The van der Waals surface area contributed by atoms with Crippen LogP contribution in [0.1, 0.15) is 27.9 Å². The molecule has 1 heterocycles. The molecule has 8 aromatic rings. The molecule has 230 valence electrons. The second-order valence-electron chi connectivity index (χ2n) is 12.8. The van der Waals surface area contributed by atoms with Crippen LogP contribution < -0.4 is 0 Å². The summed E-state index contributed by atoms with van der Waals surface area (Å²) in [5, 5.41) is 26.6. The number of rotatable bonds is 3. The van der Waals surface area contributed by atoms with E-state index in [1.54, 1.807) is 12.3 Å². The van der Waals surface area contributed by atoms with Crippen LogP contribution in [-0.2, 0) is 5.41 Å². The molecule has 1 spiro atoms. The van der Waals surface area contributed by atoms with Gasteiger partial charge in [0, 0.05) is 21.9 Å². The standard InChI is InChI=1S/C45H28N2O2/c48-41-22-10-13-27-12-9-21-38(42(27)41)46-26-40-29-14-2-1-11-28(29)25-39(47-40)33-23-24-37-43(44(33)49)32-17-5-8-20-36(32)45(37)34-18-6-3-15-30(34)31-16-4-7-19-35(31)45/h1-26,48-49H. The Morgan fingerprint density at radius 1 is 0.531 bits per heavy atom. The molecule has 0 fully saturated rings. The maximum atomic E-state index is 12.4. The minimum atomic E-state index is -0.534. The van der Waals surface area contributed by atoms with Crippen LogP contribution >= 0.6 is 0 Å². The van der Waals surface area contributed by atoms with Crippen LogP contribution in [0, 0.1) is 0 Å². The normalized spacial score (nSPS) is 13.6. The number of aliphatic imine (C=N–C) groups is 1. The summed E-state index contributed by atoms with van der Waals surface area (Å²) in [7, 11) is 0. The van der Waals surface area contributed by atoms with Crippen LogP contribution in [0.3, 0.4) is 0 Å². The lowest BCUT2D eigenvalue weighted by atomic mass is 9.70. The largest absolute Gasteiger partial charge is 0.507 e. The van der Waals surface area contributed by atoms with Gasteiger partial charge in [-0.25, -0.2) is 4.98 Å². The monoisotopic (exact) mass is 628 g/mol. The molecule has 7 aromatic carbocycles. The van der Waals surface area contributed by atoms with E-state index >= 15 is 0 Å². The Labute approximate surface area is 283 Å². The average molecular weight is 629 g/mol. The summed E-state index contributed by atoms with van der Waals surface area (Å²) < 4.78 is 0. The Balaban J connectivity index is 1.19. The molecule has 0 saturated carbocycles. The van der Waals surface area contributed by atoms with Gasteiger partial charge in [0.1, 0.15) is 11.5 Å². The van der Waals surface area contributed by atoms with Crippen molar-refractivity contribution in [2.45, 2.75) is 5.41 Å². The molecule has 4 heteroatoms. The first kappa shape index (κ1) is 27.6. The minimum Gasteiger partial charge on any atom is -0.507 e. The minimum absolute atomic E-state index is 0.186. The topological polar surface area (TPSA) is 65.7 Å². The van der Waals surface area contributed by atoms with Gasteiger partial charge in [-0.2, -0.15) is 0 Å². The predicted octanol–water partition coefficient (Wildman–Crippen LogP) is 10.6. The number of aromatic hydroxyl groups is 2. The van der Waals surface area contributed by atoms with Crippen molar-refractivity contribution in [3.63, 3.8) is 0 Å². The van der Waals surface area contributed by atoms with Gasteiger partial charge in [-0.1, -0.05) is 127 Å². The van der Waals surface area contributed by atoms with Gasteiger partial charge in [-0.15, -0.1) is 0 Å². The third kappa shape index (κ3) is 3.74. The zero-order valence-electron chi connectivity index (χ0n) is 26.3. The van der Waals surface area contributed by atoms with Crippen molar-refractivity contribution in [2.75, 3.05) is 0 Å². The van der Waals surface area contributed by atoms with E-state index in [1.165, 1.54) is 27.8 Å². The molecular weight excluding hydrogens is 601 g/mol. The molecule has 1 aromatic heterocycles. The number of aromatic nitrogens is 1. The molecule has 0 radical (unpaired) electrons. The smallest absolute Gasteiger partial charge is 0.133 e. The van der Waals surface area contributed by atoms with Crippen LogP contribution in [0.4, 0.5) is 5.69 Å². The fourth-order valence-electron chi connectivity index (χ4n) is 8.37. The first-order valence-electron chi connectivity index (χ1n) is 16.5. The van der Waals surface area contributed by atoms with E-state index in [1.807, 2.05) is 60.7 Å². The van der Waals surface area contributed by atoms with E-state index in [2.05, 4.69) is 84.9 Å². The molecule has 2 aliphatic rings. The zero-order valence-corrected chi connectivity index (χ0v) is 26.3. The molecule has 0 bridgehead atoms. The zero-order chi connectivity index (χ0) is 32.7. The summed E-state index contributed by atoms with van der Waals surface area (Å²) >= 11 is 0. The van der Waals surface area contributed by atoms with Gasteiger partial charge in [0.25, 0.3) is 0 Å². The Morgan fingerprint density at radius 2 is 1.14 bits per heavy atom. The molecule has 0 aliphatic heterocycles. The lowest BCUT2D eigenvalue weighted by molar-refractivity contribution is 0.478. The fourth-order valence-corrected chi connectivity index (χ4v) is 8.37. The van der Waals surface area contributed by atoms with Gasteiger partial charge >= 0.3 is 0 Å². The maximum absolute atomic E-state index is 12.4. The number of hydrogen-bond acceptors (Lipinski definition) is 4.